The van der Waals surface area contributed by atoms with E-state index in [0.29, 0.717) is 5.82 Å². The summed E-state index contributed by atoms with van der Waals surface area (Å²) < 4.78 is 5.22. The Morgan fingerprint density at radius 1 is 1.42 bits per heavy atom. The molecule has 2 rings (SSSR count). The van der Waals surface area contributed by atoms with Gasteiger partial charge < -0.3 is 4.42 Å². The van der Waals surface area contributed by atoms with E-state index in [1.807, 2.05) is 19.9 Å². The Hall–Kier alpha value is -1.58. The molecule has 0 atom stereocenters. The lowest BCUT2D eigenvalue weighted by atomic mass is 10.3. The van der Waals surface area contributed by atoms with E-state index >= 15 is 0 Å². The van der Waals surface area contributed by atoms with Crippen LogP contribution in [0.25, 0.3) is 11.6 Å². The van der Waals surface area contributed by atoms with Crippen molar-refractivity contribution in [2.45, 2.75) is 13.8 Å². The minimum Gasteiger partial charge on any atom is -0.461 e. The molecule has 4 heteroatoms. The van der Waals surface area contributed by atoms with Crippen molar-refractivity contribution in [2.75, 3.05) is 0 Å². The van der Waals surface area contributed by atoms with Crippen molar-refractivity contribution in [2.24, 2.45) is 0 Å². The van der Waals surface area contributed by atoms with Gasteiger partial charge in [0.05, 0.1) is 6.26 Å². The van der Waals surface area contributed by atoms with Gasteiger partial charge in [0.25, 0.3) is 0 Å². The molecule has 0 fully saturated rings. The predicted octanol–water partition coefficient (Wildman–Crippen LogP) is 1.68. The van der Waals surface area contributed by atoms with Gasteiger partial charge in [0, 0.05) is 0 Å². The van der Waals surface area contributed by atoms with Gasteiger partial charge in [0.15, 0.2) is 5.76 Å². The smallest absolute Gasteiger partial charge is 0.217 e. The molecular weight excluding hydrogens is 154 g/mol. The van der Waals surface area contributed by atoms with Crippen molar-refractivity contribution < 1.29 is 4.42 Å². The van der Waals surface area contributed by atoms with Gasteiger partial charge in [-0.3, -0.25) is 5.10 Å². The zero-order valence-electron chi connectivity index (χ0n) is 6.96. The zero-order valence-corrected chi connectivity index (χ0v) is 6.96. The van der Waals surface area contributed by atoms with Gasteiger partial charge in [0.1, 0.15) is 5.82 Å². The topological polar surface area (TPSA) is 54.7 Å². The number of aromatic nitrogens is 3. The van der Waals surface area contributed by atoms with Crippen LogP contribution in [0.5, 0.6) is 0 Å². The zero-order chi connectivity index (χ0) is 8.55. The molecule has 0 unspecified atom stereocenters. The van der Waals surface area contributed by atoms with Gasteiger partial charge in [-0.05, 0) is 25.5 Å². The first kappa shape index (κ1) is 7.09. The second kappa shape index (κ2) is 2.48. The molecule has 0 saturated heterocycles. The van der Waals surface area contributed by atoms with E-state index in [1.54, 1.807) is 6.26 Å². The molecule has 0 amide bonds. The van der Waals surface area contributed by atoms with E-state index in [9.17, 15) is 0 Å². The molecule has 2 aromatic rings. The van der Waals surface area contributed by atoms with Crippen LogP contribution in [0.2, 0.25) is 0 Å². The molecule has 0 bridgehead atoms. The lowest BCUT2D eigenvalue weighted by Crippen LogP contribution is -1.79. The molecular formula is C8H9N3O. The highest BCUT2D eigenvalue weighted by Crippen LogP contribution is 2.19. The summed E-state index contributed by atoms with van der Waals surface area (Å²) in [4.78, 5) is 4.15. The monoisotopic (exact) mass is 163 g/mol. The molecule has 0 saturated carbocycles. The minimum atomic E-state index is 0.620. The van der Waals surface area contributed by atoms with E-state index in [2.05, 4.69) is 15.2 Å². The first-order chi connectivity index (χ1) is 5.77. The Morgan fingerprint density at radius 2 is 2.25 bits per heavy atom. The predicted molar refractivity (Wildman–Crippen MR) is 43.6 cm³/mol. The summed E-state index contributed by atoms with van der Waals surface area (Å²) in [5, 5.41) is 6.75. The lowest BCUT2D eigenvalue weighted by molar-refractivity contribution is 0.576. The molecule has 0 aliphatic carbocycles. The maximum atomic E-state index is 5.22. The van der Waals surface area contributed by atoms with Gasteiger partial charge in [-0.1, -0.05) is 0 Å². The molecule has 2 aromatic heterocycles. The fraction of sp³-hybridized carbons (Fsp3) is 0.250. The summed E-state index contributed by atoms with van der Waals surface area (Å²) in [7, 11) is 0. The fourth-order valence-electron chi connectivity index (χ4n) is 1.05. The number of hydrogen-bond acceptors (Lipinski definition) is 3. The number of nitrogens with one attached hydrogen (secondary N) is 1. The summed E-state index contributed by atoms with van der Waals surface area (Å²) >= 11 is 0. The van der Waals surface area contributed by atoms with Crippen LogP contribution in [-0.2, 0) is 0 Å². The van der Waals surface area contributed by atoms with Gasteiger partial charge in [-0.2, -0.15) is 5.10 Å². The average molecular weight is 163 g/mol. The normalized spacial score (nSPS) is 10.5. The largest absolute Gasteiger partial charge is 0.461 e. The van der Waals surface area contributed by atoms with Crippen LogP contribution >= 0.6 is 0 Å². The summed E-state index contributed by atoms with van der Waals surface area (Å²) in [6, 6.07) is 1.89. The Labute approximate surface area is 69.6 Å². The SMILES string of the molecule is Cc1nc(-c2occc2C)n[nH]1. The van der Waals surface area contributed by atoms with Crippen molar-refractivity contribution in [3.63, 3.8) is 0 Å². The maximum absolute atomic E-state index is 5.22. The number of aryl methyl sites for hydroxylation is 2. The molecule has 4 nitrogen and oxygen atoms in total. The second-order valence-corrected chi connectivity index (χ2v) is 2.68. The third kappa shape index (κ3) is 1.01. The van der Waals surface area contributed by atoms with E-state index in [0.717, 1.165) is 17.1 Å². The van der Waals surface area contributed by atoms with Crippen molar-refractivity contribution in [1.82, 2.24) is 15.2 Å². The molecule has 2 heterocycles. The molecule has 12 heavy (non-hydrogen) atoms. The highest BCUT2D eigenvalue weighted by atomic mass is 16.3. The summed E-state index contributed by atoms with van der Waals surface area (Å²) in [5.74, 6) is 2.15. The van der Waals surface area contributed by atoms with Gasteiger partial charge in [-0.15, -0.1) is 0 Å². The Balaban J connectivity index is 2.50. The summed E-state index contributed by atoms with van der Waals surface area (Å²) in [5.41, 5.74) is 1.05. The molecule has 0 spiro atoms. The molecule has 62 valence electrons. The third-order valence-electron chi connectivity index (χ3n) is 1.66. The first-order valence-corrected chi connectivity index (χ1v) is 3.71. The highest BCUT2D eigenvalue weighted by Gasteiger charge is 2.09. The van der Waals surface area contributed by atoms with Crippen LogP contribution in [0.1, 0.15) is 11.4 Å². The summed E-state index contributed by atoms with van der Waals surface area (Å²) in [6.07, 6.45) is 1.64. The van der Waals surface area contributed by atoms with Gasteiger partial charge >= 0.3 is 0 Å². The van der Waals surface area contributed by atoms with Crippen LogP contribution in [0.3, 0.4) is 0 Å². The van der Waals surface area contributed by atoms with Crippen LogP contribution in [0, 0.1) is 13.8 Å². The Kier molecular flexibility index (Phi) is 1.46. The van der Waals surface area contributed by atoms with Crippen molar-refractivity contribution in [3.8, 4) is 11.6 Å². The van der Waals surface area contributed by atoms with Crippen LogP contribution in [-0.4, -0.2) is 15.2 Å². The van der Waals surface area contributed by atoms with Crippen molar-refractivity contribution in [3.05, 3.63) is 23.7 Å². The molecule has 1 N–H and O–H groups in total. The number of hydrogen-bond donors (Lipinski definition) is 1. The van der Waals surface area contributed by atoms with Gasteiger partial charge in [0.2, 0.25) is 5.82 Å². The van der Waals surface area contributed by atoms with Gasteiger partial charge in [-0.25, -0.2) is 4.98 Å². The van der Waals surface area contributed by atoms with Crippen molar-refractivity contribution >= 4 is 0 Å². The standard InChI is InChI=1S/C8H9N3O/c1-5-3-4-12-7(5)8-9-6(2)10-11-8/h3-4H,1-2H3,(H,9,10,11). The van der Waals surface area contributed by atoms with Crippen LogP contribution in [0.15, 0.2) is 16.7 Å². The molecule has 0 radical (unpaired) electrons. The molecule has 0 aromatic carbocycles. The Bertz CT molecular complexity index is 388. The van der Waals surface area contributed by atoms with E-state index < -0.39 is 0 Å². The molecule has 0 aliphatic heterocycles. The quantitative estimate of drug-likeness (QED) is 0.695. The highest BCUT2D eigenvalue weighted by molar-refractivity contribution is 5.51. The van der Waals surface area contributed by atoms with E-state index in [1.165, 1.54) is 0 Å². The Morgan fingerprint density at radius 3 is 2.75 bits per heavy atom. The number of H-pyrrole nitrogens is 1. The van der Waals surface area contributed by atoms with E-state index in [-0.39, 0.29) is 0 Å². The number of nitrogens with zero attached hydrogens (tertiary/aromatic N) is 2. The van der Waals surface area contributed by atoms with Crippen LogP contribution < -0.4 is 0 Å². The van der Waals surface area contributed by atoms with Crippen LogP contribution in [0.4, 0.5) is 0 Å². The average Bonchev–Trinajstić information content (AvgIpc) is 2.58. The van der Waals surface area contributed by atoms with E-state index in [4.69, 9.17) is 4.42 Å². The molecule has 0 aliphatic rings. The number of furan rings is 1. The number of rotatable bonds is 1. The third-order valence-corrected chi connectivity index (χ3v) is 1.66. The minimum absolute atomic E-state index is 0.620. The van der Waals surface area contributed by atoms with Crippen molar-refractivity contribution in [1.29, 1.82) is 0 Å². The maximum Gasteiger partial charge on any atom is 0.217 e. The first-order valence-electron chi connectivity index (χ1n) is 3.71. The second-order valence-electron chi connectivity index (χ2n) is 2.68. The summed E-state index contributed by atoms with van der Waals surface area (Å²) in [6.45, 7) is 3.82. The lowest BCUT2D eigenvalue weighted by Gasteiger charge is -1.88. The number of aromatic amines is 1. The fourth-order valence-corrected chi connectivity index (χ4v) is 1.05.